The summed E-state index contributed by atoms with van der Waals surface area (Å²) in [6.07, 6.45) is -1.72. The number of hydrogen-bond donors (Lipinski definition) is 0. The van der Waals surface area contributed by atoms with Gasteiger partial charge in [-0.15, -0.1) is 11.3 Å². The minimum Gasteiger partial charge on any atom is -0.482 e. The fourth-order valence-electron chi connectivity index (χ4n) is 3.41. The van der Waals surface area contributed by atoms with E-state index in [9.17, 15) is 18.0 Å². The summed E-state index contributed by atoms with van der Waals surface area (Å²) in [6, 6.07) is 11.0. The smallest absolute Gasteiger partial charge is 0.416 e. The van der Waals surface area contributed by atoms with Crippen LogP contribution in [0.3, 0.4) is 0 Å². The Hall–Kier alpha value is -2.87. The molecule has 0 aliphatic heterocycles. The van der Waals surface area contributed by atoms with Gasteiger partial charge in [0.1, 0.15) is 10.8 Å². The van der Waals surface area contributed by atoms with E-state index in [-0.39, 0.29) is 6.61 Å². The van der Waals surface area contributed by atoms with Crippen LogP contribution in [0.2, 0.25) is 0 Å². The standard InChI is InChI=1S/C25H26F3NO3S/c1-4-31-23(30)15-32-21-13-8-18(14-16(21)2)6-5-7-22-17(3)29-24(33-22)19-9-11-20(12-10-19)25(26,27)28/h8-14H,4-7,15H2,1-3H3. The normalized spacial score (nSPS) is 11.5. The molecule has 0 fully saturated rings. The summed E-state index contributed by atoms with van der Waals surface area (Å²) >= 11 is 1.52. The van der Waals surface area contributed by atoms with Gasteiger partial charge in [0.15, 0.2) is 6.61 Å². The van der Waals surface area contributed by atoms with Crippen molar-refractivity contribution in [1.29, 1.82) is 0 Å². The predicted molar refractivity (Wildman–Crippen MR) is 123 cm³/mol. The molecule has 2 aromatic carbocycles. The molecule has 33 heavy (non-hydrogen) atoms. The molecule has 0 amide bonds. The van der Waals surface area contributed by atoms with Gasteiger partial charge in [-0.05, 0) is 69.4 Å². The van der Waals surface area contributed by atoms with E-state index < -0.39 is 17.7 Å². The largest absolute Gasteiger partial charge is 0.482 e. The van der Waals surface area contributed by atoms with Crippen LogP contribution in [0.15, 0.2) is 42.5 Å². The number of thiazole rings is 1. The lowest BCUT2D eigenvalue weighted by Crippen LogP contribution is -2.15. The van der Waals surface area contributed by atoms with Crippen molar-refractivity contribution in [2.45, 2.75) is 46.2 Å². The van der Waals surface area contributed by atoms with Crippen LogP contribution in [-0.2, 0) is 28.5 Å². The summed E-state index contributed by atoms with van der Waals surface area (Å²) < 4.78 is 48.7. The number of halogens is 3. The van der Waals surface area contributed by atoms with Crippen molar-refractivity contribution < 1.29 is 27.4 Å². The van der Waals surface area contributed by atoms with Crippen molar-refractivity contribution in [3.8, 4) is 16.3 Å². The number of nitrogens with zero attached hydrogens (tertiary/aromatic N) is 1. The number of aryl methyl sites for hydroxylation is 4. The first-order valence-electron chi connectivity index (χ1n) is 10.7. The van der Waals surface area contributed by atoms with Crippen molar-refractivity contribution in [1.82, 2.24) is 4.98 Å². The lowest BCUT2D eigenvalue weighted by molar-refractivity contribution is -0.145. The van der Waals surface area contributed by atoms with Crippen LogP contribution in [-0.4, -0.2) is 24.2 Å². The number of esters is 1. The molecule has 8 heteroatoms. The minimum absolute atomic E-state index is 0.111. The van der Waals surface area contributed by atoms with Crippen molar-refractivity contribution >= 4 is 17.3 Å². The number of alkyl halides is 3. The molecule has 176 valence electrons. The van der Waals surface area contributed by atoms with E-state index in [1.54, 1.807) is 6.92 Å². The molecule has 0 radical (unpaired) electrons. The van der Waals surface area contributed by atoms with Gasteiger partial charge in [-0.3, -0.25) is 0 Å². The van der Waals surface area contributed by atoms with Gasteiger partial charge in [0.05, 0.1) is 17.9 Å². The molecule has 3 rings (SSSR count). The second-order valence-electron chi connectivity index (χ2n) is 7.65. The van der Waals surface area contributed by atoms with Gasteiger partial charge in [0.25, 0.3) is 0 Å². The van der Waals surface area contributed by atoms with Crippen molar-refractivity contribution in [3.05, 3.63) is 69.7 Å². The number of carbonyl (C=O) groups is 1. The molecule has 1 heterocycles. The van der Waals surface area contributed by atoms with Crippen molar-refractivity contribution in [3.63, 3.8) is 0 Å². The maximum absolute atomic E-state index is 12.8. The third-order valence-electron chi connectivity index (χ3n) is 5.11. The van der Waals surface area contributed by atoms with E-state index in [0.29, 0.717) is 17.9 Å². The Kier molecular flexibility index (Phi) is 8.13. The third-order valence-corrected chi connectivity index (χ3v) is 6.38. The van der Waals surface area contributed by atoms with Gasteiger partial charge in [0.2, 0.25) is 0 Å². The van der Waals surface area contributed by atoms with E-state index in [0.717, 1.165) is 52.5 Å². The summed E-state index contributed by atoms with van der Waals surface area (Å²) in [7, 11) is 0. The Bertz CT molecular complexity index is 1090. The van der Waals surface area contributed by atoms with Crippen LogP contribution in [0.25, 0.3) is 10.6 Å². The van der Waals surface area contributed by atoms with E-state index in [2.05, 4.69) is 4.98 Å². The van der Waals surface area contributed by atoms with Crippen LogP contribution < -0.4 is 4.74 Å². The molecule has 0 aliphatic carbocycles. The third kappa shape index (κ3) is 6.81. The van der Waals surface area contributed by atoms with Gasteiger partial charge in [-0.25, -0.2) is 9.78 Å². The maximum atomic E-state index is 12.8. The molecule has 0 saturated heterocycles. The first-order chi connectivity index (χ1) is 15.7. The van der Waals surface area contributed by atoms with E-state index in [1.807, 2.05) is 32.0 Å². The van der Waals surface area contributed by atoms with Crippen molar-refractivity contribution in [2.75, 3.05) is 13.2 Å². The van der Waals surface area contributed by atoms with E-state index in [4.69, 9.17) is 9.47 Å². The van der Waals surface area contributed by atoms with Crippen LogP contribution >= 0.6 is 11.3 Å². The van der Waals surface area contributed by atoms with Gasteiger partial charge >= 0.3 is 12.1 Å². The molecule has 1 aromatic heterocycles. The van der Waals surface area contributed by atoms with E-state index in [1.165, 1.54) is 29.0 Å². The Balaban J connectivity index is 1.56. The Morgan fingerprint density at radius 2 is 1.79 bits per heavy atom. The Morgan fingerprint density at radius 3 is 2.42 bits per heavy atom. The number of hydrogen-bond acceptors (Lipinski definition) is 5. The second kappa shape index (κ2) is 10.8. The molecule has 3 aromatic rings. The number of benzene rings is 2. The number of ether oxygens (including phenoxy) is 2. The quantitative estimate of drug-likeness (QED) is 0.327. The fourth-order valence-corrected chi connectivity index (χ4v) is 4.52. The summed E-state index contributed by atoms with van der Waals surface area (Å²) in [5.41, 5.74) is 3.06. The van der Waals surface area contributed by atoms with E-state index >= 15 is 0 Å². The monoisotopic (exact) mass is 477 g/mol. The fraction of sp³-hybridized carbons (Fsp3) is 0.360. The van der Waals surface area contributed by atoms with Gasteiger partial charge in [-0.2, -0.15) is 13.2 Å². The molecule has 0 spiro atoms. The molecule has 0 atom stereocenters. The van der Waals surface area contributed by atoms with Crippen LogP contribution in [0.4, 0.5) is 13.2 Å². The molecule has 0 N–H and O–H groups in total. The zero-order valence-corrected chi connectivity index (χ0v) is 19.6. The zero-order valence-electron chi connectivity index (χ0n) is 18.8. The first kappa shape index (κ1) is 24.8. The number of rotatable bonds is 9. The molecule has 0 bridgehead atoms. The van der Waals surface area contributed by atoms with Crippen LogP contribution in [0.5, 0.6) is 5.75 Å². The van der Waals surface area contributed by atoms with Crippen LogP contribution in [0, 0.1) is 13.8 Å². The topological polar surface area (TPSA) is 48.4 Å². The van der Waals surface area contributed by atoms with Crippen molar-refractivity contribution in [2.24, 2.45) is 0 Å². The van der Waals surface area contributed by atoms with Gasteiger partial charge in [-0.1, -0.05) is 24.3 Å². The highest BCUT2D eigenvalue weighted by Gasteiger charge is 2.30. The summed E-state index contributed by atoms with van der Waals surface area (Å²) in [6.45, 7) is 5.83. The minimum atomic E-state index is -4.34. The Morgan fingerprint density at radius 1 is 1.06 bits per heavy atom. The second-order valence-corrected chi connectivity index (χ2v) is 8.73. The molecule has 0 unspecified atom stereocenters. The van der Waals surface area contributed by atoms with Gasteiger partial charge < -0.3 is 9.47 Å². The summed E-state index contributed by atoms with van der Waals surface area (Å²) in [4.78, 5) is 17.1. The average Bonchev–Trinajstić information content (AvgIpc) is 3.13. The summed E-state index contributed by atoms with van der Waals surface area (Å²) in [5, 5.41) is 0.732. The lowest BCUT2D eigenvalue weighted by atomic mass is 10.0. The molecular formula is C25H26F3NO3S. The Labute approximate surface area is 195 Å². The average molecular weight is 478 g/mol. The highest BCUT2D eigenvalue weighted by Crippen LogP contribution is 2.33. The highest BCUT2D eigenvalue weighted by molar-refractivity contribution is 7.15. The highest BCUT2D eigenvalue weighted by atomic mass is 32.1. The number of aromatic nitrogens is 1. The number of carbonyl (C=O) groups excluding carboxylic acids is 1. The van der Waals surface area contributed by atoms with Gasteiger partial charge in [0, 0.05) is 10.4 Å². The SMILES string of the molecule is CCOC(=O)COc1ccc(CCCc2sc(-c3ccc(C(F)(F)F)cc3)nc2C)cc1C. The van der Waals surface area contributed by atoms with Crippen LogP contribution in [0.1, 0.15) is 40.6 Å². The maximum Gasteiger partial charge on any atom is 0.416 e. The first-order valence-corrected chi connectivity index (χ1v) is 11.5. The molecular weight excluding hydrogens is 451 g/mol. The lowest BCUT2D eigenvalue weighted by Gasteiger charge is -2.10. The molecule has 0 aliphatic rings. The zero-order chi connectivity index (χ0) is 24.0. The molecule has 4 nitrogen and oxygen atoms in total. The summed E-state index contributed by atoms with van der Waals surface area (Å²) in [5.74, 6) is 0.267. The predicted octanol–water partition coefficient (Wildman–Crippen LogP) is 6.56. The molecule has 0 saturated carbocycles.